The number of anilines is 1. The molecule has 1 saturated carbocycles. The molecule has 8 heteroatoms. The molecule has 1 aliphatic heterocycles. The highest BCUT2D eigenvalue weighted by Crippen LogP contribution is 2.40. The molecule has 0 unspecified atom stereocenters. The Kier molecular flexibility index (Phi) is 5.80. The molecule has 5 rings (SSSR count). The van der Waals surface area contributed by atoms with E-state index in [1.165, 1.54) is 0 Å². The lowest BCUT2D eigenvalue weighted by atomic mass is 10.2. The summed E-state index contributed by atoms with van der Waals surface area (Å²) in [7, 11) is -3.59. The monoisotopic (exact) mass is 464 g/mol. The Morgan fingerprint density at radius 3 is 2.42 bits per heavy atom. The third-order valence-corrected chi connectivity index (χ3v) is 8.26. The van der Waals surface area contributed by atoms with E-state index in [9.17, 15) is 13.2 Å². The number of hydrogen-bond donors (Lipinski definition) is 1. The van der Waals surface area contributed by atoms with E-state index in [-0.39, 0.29) is 10.8 Å². The minimum atomic E-state index is -3.59. The maximum Gasteiger partial charge on any atom is 0.274 e. The maximum atomic E-state index is 13.3. The van der Waals surface area contributed by atoms with Crippen molar-refractivity contribution in [1.29, 1.82) is 0 Å². The topological polar surface area (TPSA) is 84.3 Å². The Bertz CT molecular complexity index is 1270. The van der Waals surface area contributed by atoms with E-state index in [1.54, 1.807) is 27.2 Å². The van der Waals surface area contributed by atoms with Gasteiger partial charge < -0.3 is 5.32 Å². The van der Waals surface area contributed by atoms with Crippen LogP contribution in [0.1, 0.15) is 59.8 Å². The molecular weight excluding hydrogens is 436 g/mol. The first-order chi connectivity index (χ1) is 15.9. The van der Waals surface area contributed by atoms with Crippen molar-refractivity contribution in [3.63, 3.8) is 0 Å². The zero-order valence-corrected chi connectivity index (χ0v) is 19.5. The highest BCUT2D eigenvalue weighted by atomic mass is 32.2. The normalized spacial score (nSPS) is 17.1. The first-order valence-corrected chi connectivity index (χ1v) is 12.9. The molecule has 3 aromatic rings. The number of piperidine rings is 1. The van der Waals surface area contributed by atoms with Crippen molar-refractivity contribution in [2.24, 2.45) is 0 Å². The number of carbonyl (C=O) groups excluding carboxylic acids is 1. The molecule has 1 aromatic heterocycles. The van der Waals surface area contributed by atoms with Gasteiger partial charge in [0.1, 0.15) is 5.69 Å². The van der Waals surface area contributed by atoms with Gasteiger partial charge in [-0.15, -0.1) is 0 Å². The maximum absolute atomic E-state index is 13.3. The summed E-state index contributed by atoms with van der Waals surface area (Å²) >= 11 is 0. The Labute approximate surface area is 194 Å². The highest BCUT2D eigenvalue weighted by molar-refractivity contribution is 7.89. The van der Waals surface area contributed by atoms with Crippen molar-refractivity contribution in [1.82, 2.24) is 14.1 Å². The minimum absolute atomic E-state index is 0.209. The van der Waals surface area contributed by atoms with Crippen molar-refractivity contribution >= 4 is 21.6 Å². The second kappa shape index (κ2) is 8.76. The van der Waals surface area contributed by atoms with Gasteiger partial charge in [0.05, 0.1) is 16.3 Å². The van der Waals surface area contributed by atoms with Crippen LogP contribution < -0.4 is 5.32 Å². The van der Waals surface area contributed by atoms with Crippen LogP contribution in [-0.2, 0) is 10.0 Å². The van der Waals surface area contributed by atoms with E-state index in [4.69, 9.17) is 5.10 Å². The van der Waals surface area contributed by atoms with Gasteiger partial charge in [0.2, 0.25) is 10.0 Å². The summed E-state index contributed by atoms with van der Waals surface area (Å²) in [6.07, 6.45) is 4.98. The van der Waals surface area contributed by atoms with Crippen molar-refractivity contribution in [2.45, 2.75) is 49.8 Å². The first-order valence-electron chi connectivity index (χ1n) is 11.5. The third kappa shape index (κ3) is 4.45. The van der Waals surface area contributed by atoms with E-state index in [1.807, 2.05) is 43.3 Å². The average molecular weight is 465 g/mol. The molecule has 2 fully saturated rings. The Morgan fingerprint density at radius 1 is 1.00 bits per heavy atom. The quantitative estimate of drug-likeness (QED) is 0.583. The van der Waals surface area contributed by atoms with E-state index in [0.29, 0.717) is 30.4 Å². The highest BCUT2D eigenvalue weighted by Gasteiger charge is 2.30. The lowest BCUT2D eigenvalue weighted by molar-refractivity contribution is 0.101. The van der Waals surface area contributed by atoms with Crippen molar-refractivity contribution in [3.8, 4) is 5.69 Å². The summed E-state index contributed by atoms with van der Waals surface area (Å²) in [5.74, 6) is 0.0927. The summed E-state index contributed by atoms with van der Waals surface area (Å²) in [5, 5.41) is 7.64. The summed E-state index contributed by atoms with van der Waals surface area (Å²) in [4.78, 5) is 13.6. The van der Waals surface area contributed by atoms with Crippen LogP contribution in [0, 0.1) is 6.92 Å². The van der Waals surface area contributed by atoms with Gasteiger partial charge in [-0.2, -0.15) is 9.40 Å². The van der Waals surface area contributed by atoms with Gasteiger partial charge in [-0.25, -0.2) is 13.1 Å². The van der Waals surface area contributed by atoms with Gasteiger partial charge in [0, 0.05) is 24.7 Å². The molecule has 0 spiro atoms. The lowest BCUT2D eigenvalue weighted by Crippen LogP contribution is -2.35. The van der Waals surface area contributed by atoms with Crippen LogP contribution in [0.5, 0.6) is 0 Å². The van der Waals surface area contributed by atoms with E-state index < -0.39 is 10.0 Å². The summed E-state index contributed by atoms with van der Waals surface area (Å²) in [6.45, 7) is 2.94. The van der Waals surface area contributed by atoms with Crippen LogP contribution in [-0.4, -0.2) is 41.5 Å². The molecule has 1 N–H and O–H groups in total. The number of nitrogens with zero attached hydrogens (tertiary/aromatic N) is 3. The van der Waals surface area contributed by atoms with Crippen LogP contribution in [0.3, 0.4) is 0 Å². The second-order valence-electron chi connectivity index (χ2n) is 8.87. The smallest absolute Gasteiger partial charge is 0.274 e. The molecule has 0 radical (unpaired) electrons. The number of para-hydroxylation sites is 1. The van der Waals surface area contributed by atoms with Gasteiger partial charge >= 0.3 is 0 Å². The molecule has 2 heterocycles. The molecule has 0 atom stereocenters. The number of nitrogens with one attached hydrogen (secondary N) is 1. The van der Waals surface area contributed by atoms with E-state index in [0.717, 1.165) is 49.0 Å². The fourth-order valence-corrected chi connectivity index (χ4v) is 5.79. The molecule has 1 amide bonds. The van der Waals surface area contributed by atoms with Crippen molar-refractivity contribution in [3.05, 3.63) is 71.5 Å². The molecule has 7 nitrogen and oxygen atoms in total. The number of benzene rings is 2. The second-order valence-corrected chi connectivity index (χ2v) is 10.8. The van der Waals surface area contributed by atoms with Crippen molar-refractivity contribution in [2.75, 3.05) is 18.4 Å². The Balaban J connectivity index is 1.45. The number of hydrogen-bond acceptors (Lipinski definition) is 4. The van der Waals surface area contributed by atoms with Gasteiger partial charge in [-0.3, -0.25) is 4.79 Å². The lowest BCUT2D eigenvalue weighted by Gasteiger charge is -2.26. The van der Waals surface area contributed by atoms with E-state index in [2.05, 4.69) is 5.32 Å². The number of amides is 1. The molecule has 2 aliphatic rings. The predicted molar refractivity (Wildman–Crippen MR) is 127 cm³/mol. The Morgan fingerprint density at radius 2 is 1.73 bits per heavy atom. The minimum Gasteiger partial charge on any atom is -0.320 e. The van der Waals surface area contributed by atoms with Crippen LogP contribution in [0.25, 0.3) is 5.69 Å². The number of rotatable bonds is 6. The molecule has 1 saturated heterocycles. The number of aryl methyl sites for hydroxylation is 1. The molecule has 172 valence electrons. The molecule has 1 aliphatic carbocycles. The summed E-state index contributed by atoms with van der Waals surface area (Å²) in [6, 6.07) is 16.4. The SMILES string of the molecule is Cc1ccc(S(=O)(=O)N2CCCCC2)cc1NC(=O)c1cc(C2CC2)nn1-c1ccccc1. The molecule has 0 bridgehead atoms. The van der Waals surface area contributed by atoms with Gasteiger partial charge in [-0.05, 0) is 68.5 Å². The van der Waals surface area contributed by atoms with Gasteiger partial charge in [-0.1, -0.05) is 30.7 Å². The number of sulfonamides is 1. The van der Waals surface area contributed by atoms with Crippen LogP contribution in [0.4, 0.5) is 5.69 Å². The van der Waals surface area contributed by atoms with Crippen LogP contribution in [0.15, 0.2) is 59.5 Å². The average Bonchev–Trinajstić information content (AvgIpc) is 3.59. The predicted octanol–water partition coefficient (Wildman–Crippen LogP) is 4.49. The molecule has 2 aromatic carbocycles. The fourth-order valence-electron chi connectivity index (χ4n) is 4.24. The number of carbonyl (C=O) groups is 1. The largest absolute Gasteiger partial charge is 0.320 e. The summed E-state index contributed by atoms with van der Waals surface area (Å²) < 4.78 is 29.5. The zero-order valence-electron chi connectivity index (χ0n) is 18.7. The molecule has 33 heavy (non-hydrogen) atoms. The first kappa shape index (κ1) is 21.9. The van der Waals surface area contributed by atoms with Gasteiger partial charge in [0.25, 0.3) is 5.91 Å². The fraction of sp³-hybridized carbons (Fsp3) is 0.360. The number of aromatic nitrogens is 2. The third-order valence-electron chi connectivity index (χ3n) is 6.37. The summed E-state index contributed by atoms with van der Waals surface area (Å²) in [5.41, 5.74) is 3.46. The zero-order chi connectivity index (χ0) is 23.0. The van der Waals surface area contributed by atoms with Crippen molar-refractivity contribution < 1.29 is 13.2 Å². The molecular formula is C25H28N4O3S. The Hall–Kier alpha value is -2.97. The van der Waals surface area contributed by atoms with Crippen LogP contribution in [0.2, 0.25) is 0 Å². The van der Waals surface area contributed by atoms with Crippen LogP contribution >= 0.6 is 0 Å². The van der Waals surface area contributed by atoms with Gasteiger partial charge in [0.15, 0.2) is 0 Å². The standard InChI is InChI=1S/C25H28N4O3S/c1-18-10-13-21(33(31,32)28-14-6-3-7-15-28)16-22(18)26-25(30)24-17-23(19-11-12-19)27-29(24)20-8-4-2-5-9-20/h2,4-5,8-10,13,16-17,19H,3,6-7,11-12,14-15H2,1H3,(H,26,30). The van der Waals surface area contributed by atoms with E-state index >= 15 is 0 Å².